The van der Waals surface area contributed by atoms with Crippen LogP contribution in [0.25, 0.3) is 0 Å². The van der Waals surface area contributed by atoms with Gasteiger partial charge in [0, 0.05) is 5.38 Å². The molecule has 0 aliphatic heterocycles. The molecule has 0 spiro atoms. The van der Waals surface area contributed by atoms with Gasteiger partial charge >= 0.3 is 0 Å². The molecule has 0 bridgehead atoms. The molecular formula is C11H16BrNOS. The number of hydrogen-bond acceptors (Lipinski definition) is 3. The van der Waals surface area contributed by atoms with Gasteiger partial charge in [0.05, 0.1) is 0 Å². The van der Waals surface area contributed by atoms with E-state index in [1.807, 2.05) is 5.38 Å². The van der Waals surface area contributed by atoms with Crippen molar-refractivity contribution in [3.05, 3.63) is 9.98 Å². The van der Waals surface area contributed by atoms with E-state index in [-0.39, 0.29) is 0 Å². The van der Waals surface area contributed by atoms with Crippen molar-refractivity contribution in [1.29, 1.82) is 0 Å². The van der Waals surface area contributed by atoms with E-state index in [2.05, 4.69) is 34.8 Å². The van der Waals surface area contributed by atoms with Crippen LogP contribution in [-0.2, 0) is 0 Å². The lowest BCUT2D eigenvalue weighted by Crippen LogP contribution is -2.28. The predicted octanol–water partition coefficient (Wildman–Crippen LogP) is 4.11. The molecule has 1 aliphatic carbocycles. The topological polar surface area (TPSA) is 22.1 Å². The molecule has 4 heteroatoms. The molecule has 1 saturated carbocycles. The minimum Gasteiger partial charge on any atom is -0.467 e. The molecule has 84 valence electrons. The van der Waals surface area contributed by atoms with E-state index in [1.165, 1.54) is 19.3 Å². The fourth-order valence-electron chi connectivity index (χ4n) is 2.41. The molecule has 1 heterocycles. The number of halogens is 1. The van der Waals surface area contributed by atoms with Crippen LogP contribution in [0.5, 0.6) is 5.19 Å². The molecule has 1 aliphatic rings. The van der Waals surface area contributed by atoms with E-state index < -0.39 is 0 Å². The van der Waals surface area contributed by atoms with Crippen LogP contribution >= 0.6 is 27.3 Å². The summed E-state index contributed by atoms with van der Waals surface area (Å²) in [5.74, 6) is 1.56. The highest BCUT2D eigenvalue weighted by Crippen LogP contribution is 2.32. The molecule has 1 aromatic rings. The summed E-state index contributed by atoms with van der Waals surface area (Å²) in [7, 11) is 0. The summed E-state index contributed by atoms with van der Waals surface area (Å²) < 4.78 is 6.77. The molecule has 0 radical (unpaired) electrons. The van der Waals surface area contributed by atoms with Crippen molar-refractivity contribution < 1.29 is 4.74 Å². The first-order valence-corrected chi connectivity index (χ1v) is 7.08. The number of thiazole rings is 1. The Morgan fingerprint density at radius 1 is 1.33 bits per heavy atom. The average Bonchev–Trinajstić information content (AvgIpc) is 2.49. The Balaban J connectivity index is 1.94. The average molecular weight is 290 g/mol. The van der Waals surface area contributed by atoms with Crippen LogP contribution in [0.1, 0.15) is 33.1 Å². The molecule has 2 nitrogen and oxygen atoms in total. The second-order valence-corrected chi connectivity index (χ2v) is 6.23. The van der Waals surface area contributed by atoms with Gasteiger partial charge < -0.3 is 4.74 Å². The fraction of sp³-hybridized carbons (Fsp3) is 0.727. The lowest BCUT2D eigenvalue weighted by atomic mass is 9.82. The Morgan fingerprint density at radius 2 is 2.00 bits per heavy atom. The maximum absolute atomic E-state index is 5.89. The highest BCUT2D eigenvalue weighted by atomic mass is 79.9. The van der Waals surface area contributed by atoms with Crippen molar-refractivity contribution >= 4 is 27.3 Å². The predicted molar refractivity (Wildman–Crippen MR) is 66.4 cm³/mol. The van der Waals surface area contributed by atoms with Crippen molar-refractivity contribution in [2.75, 3.05) is 0 Å². The van der Waals surface area contributed by atoms with Gasteiger partial charge in [-0.15, -0.1) is 0 Å². The van der Waals surface area contributed by atoms with Gasteiger partial charge in [-0.05, 0) is 47.0 Å². The Kier molecular flexibility index (Phi) is 3.67. The first-order chi connectivity index (χ1) is 7.13. The highest BCUT2D eigenvalue weighted by molar-refractivity contribution is 9.10. The first kappa shape index (κ1) is 11.4. The minimum atomic E-state index is 0.363. The van der Waals surface area contributed by atoms with Crippen LogP contribution in [0, 0.1) is 11.8 Å². The van der Waals surface area contributed by atoms with Gasteiger partial charge in [0.2, 0.25) is 0 Å². The number of rotatable bonds is 2. The summed E-state index contributed by atoms with van der Waals surface area (Å²) in [5.41, 5.74) is 0. The highest BCUT2D eigenvalue weighted by Gasteiger charge is 2.25. The zero-order valence-corrected chi connectivity index (χ0v) is 11.5. The van der Waals surface area contributed by atoms with Gasteiger partial charge in [-0.2, -0.15) is 4.98 Å². The zero-order chi connectivity index (χ0) is 10.8. The Hall–Kier alpha value is -0.0900. The van der Waals surface area contributed by atoms with Gasteiger partial charge in [0.1, 0.15) is 10.7 Å². The standard InChI is InChI=1S/C11H16BrNOS/c1-7-3-8(2)5-9(4-7)14-11-13-10(12)6-15-11/h6-9H,3-5H2,1-2H3. The van der Waals surface area contributed by atoms with Crippen LogP contribution in [0.3, 0.4) is 0 Å². The van der Waals surface area contributed by atoms with Gasteiger partial charge in [-0.25, -0.2) is 0 Å². The van der Waals surface area contributed by atoms with Crippen LogP contribution in [0.4, 0.5) is 0 Å². The third-order valence-electron chi connectivity index (χ3n) is 2.86. The van der Waals surface area contributed by atoms with E-state index in [0.717, 1.165) is 21.6 Å². The lowest BCUT2D eigenvalue weighted by molar-refractivity contribution is 0.101. The molecule has 2 unspecified atom stereocenters. The molecule has 2 atom stereocenters. The number of aromatic nitrogens is 1. The van der Waals surface area contributed by atoms with Crippen molar-refractivity contribution in [2.24, 2.45) is 11.8 Å². The third kappa shape index (κ3) is 3.18. The van der Waals surface area contributed by atoms with E-state index in [0.29, 0.717) is 6.10 Å². The summed E-state index contributed by atoms with van der Waals surface area (Å²) in [6.07, 6.45) is 4.03. The van der Waals surface area contributed by atoms with E-state index in [4.69, 9.17) is 4.74 Å². The third-order valence-corrected chi connectivity index (χ3v) is 4.30. The molecular weight excluding hydrogens is 274 g/mol. The molecule has 0 amide bonds. The molecule has 0 aromatic carbocycles. The maximum atomic E-state index is 5.89. The summed E-state index contributed by atoms with van der Waals surface area (Å²) in [6, 6.07) is 0. The summed E-state index contributed by atoms with van der Waals surface area (Å²) >= 11 is 4.91. The number of nitrogens with zero attached hydrogens (tertiary/aromatic N) is 1. The number of ether oxygens (including phenoxy) is 1. The van der Waals surface area contributed by atoms with E-state index in [9.17, 15) is 0 Å². The first-order valence-electron chi connectivity index (χ1n) is 5.41. The monoisotopic (exact) mass is 289 g/mol. The largest absolute Gasteiger partial charge is 0.467 e. The Morgan fingerprint density at radius 3 is 2.53 bits per heavy atom. The fourth-order valence-corrected chi connectivity index (χ4v) is 3.56. The smallest absolute Gasteiger partial charge is 0.274 e. The molecule has 1 aromatic heterocycles. The van der Waals surface area contributed by atoms with Gasteiger partial charge in [0.15, 0.2) is 0 Å². The second kappa shape index (κ2) is 4.83. The summed E-state index contributed by atoms with van der Waals surface area (Å²) in [4.78, 5) is 4.27. The van der Waals surface area contributed by atoms with Crippen LogP contribution in [-0.4, -0.2) is 11.1 Å². The van der Waals surface area contributed by atoms with E-state index >= 15 is 0 Å². The zero-order valence-electron chi connectivity index (χ0n) is 9.07. The van der Waals surface area contributed by atoms with Crippen LogP contribution in [0.2, 0.25) is 0 Å². The molecule has 0 saturated heterocycles. The number of hydrogen-bond donors (Lipinski definition) is 0. The van der Waals surface area contributed by atoms with Crippen molar-refractivity contribution in [1.82, 2.24) is 4.98 Å². The van der Waals surface area contributed by atoms with Gasteiger partial charge in [0.25, 0.3) is 5.19 Å². The van der Waals surface area contributed by atoms with Gasteiger partial charge in [-0.1, -0.05) is 25.2 Å². The van der Waals surface area contributed by atoms with Crippen molar-refractivity contribution in [3.63, 3.8) is 0 Å². The second-order valence-electron chi connectivity index (χ2n) is 4.59. The molecule has 15 heavy (non-hydrogen) atoms. The maximum Gasteiger partial charge on any atom is 0.274 e. The molecule has 0 N–H and O–H groups in total. The molecule has 1 fully saturated rings. The normalized spacial score (nSPS) is 31.5. The van der Waals surface area contributed by atoms with E-state index in [1.54, 1.807) is 11.3 Å². The summed E-state index contributed by atoms with van der Waals surface area (Å²) in [6.45, 7) is 4.62. The minimum absolute atomic E-state index is 0.363. The van der Waals surface area contributed by atoms with Crippen molar-refractivity contribution in [3.8, 4) is 5.19 Å². The Bertz CT molecular complexity index is 318. The van der Waals surface area contributed by atoms with Gasteiger partial charge in [-0.3, -0.25) is 0 Å². The van der Waals surface area contributed by atoms with Crippen LogP contribution in [0.15, 0.2) is 9.98 Å². The van der Waals surface area contributed by atoms with Crippen molar-refractivity contribution in [2.45, 2.75) is 39.2 Å². The lowest BCUT2D eigenvalue weighted by Gasteiger charge is -2.30. The SMILES string of the molecule is CC1CC(C)CC(Oc2nc(Br)cs2)C1. The summed E-state index contributed by atoms with van der Waals surface area (Å²) in [5, 5.41) is 2.76. The quantitative estimate of drug-likeness (QED) is 0.817. The van der Waals surface area contributed by atoms with Crippen LogP contribution < -0.4 is 4.74 Å². The molecule has 2 rings (SSSR count). The Labute approximate surface area is 103 Å².